The van der Waals surface area contributed by atoms with E-state index in [2.05, 4.69) is 4.90 Å². The van der Waals surface area contributed by atoms with Gasteiger partial charge in [-0.05, 0) is 43.9 Å². The topological polar surface area (TPSA) is 52.9 Å². The van der Waals surface area contributed by atoms with E-state index in [-0.39, 0.29) is 6.61 Å². The minimum atomic E-state index is -1.25. The fourth-order valence-electron chi connectivity index (χ4n) is 3.92. The van der Waals surface area contributed by atoms with Crippen molar-refractivity contribution in [1.82, 2.24) is 4.90 Å². The van der Waals surface area contributed by atoms with Crippen LogP contribution >= 0.6 is 11.6 Å². The number of ether oxygens (including phenoxy) is 1. The lowest BCUT2D eigenvalue weighted by Gasteiger charge is -2.46. The molecular formula is C19H28ClNO3. The lowest BCUT2D eigenvalue weighted by molar-refractivity contribution is -0.146. The SMILES string of the molecule is Cc1ccc(Cl)c(OC[C@@]2(O)CN(C3CCCCC3)CC[C@@H]2O)c1. The first-order valence-electron chi connectivity index (χ1n) is 9.01. The Hall–Kier alpha value is -0.810. The molecule has 134 valence electrons. The Kier molecular flexibility index (Phi) is 5.70. The standard InChI is InChI=1S/C19H28ClNO3/c1-14-7-8-16(20)17(11-14)24-13-19(23)12-21(10-9-18(19)22)15-5-3-2-4-6-15/h7-8,11,15,18,22-23H,2-6,9-10,12-13H2,1H3/t18-,19-/m0/s1. The smallest absolute Gasteiger partial charge is 0.138 e. The van der Waals surface area contributed by atoms with Gasteiger partial charge in [0.1, 0.15) is 18.0 Å². The van der Waals surface area contributed by atoms with Gasteiger partial charge < -0.3 is 14.9 Å². The second-order valence-corrected chi connectivity index (χ2v) is 7.80. The fourth-order valence-corrected chi connectivity index (χ4v) is 4.09. The number of hydrogen-bond donors (Lipinski definition) is 2. The van der Waals surface area contributed by atoms with Gasteiger partial charge in [-0.1, -0.05) is 36.9 Å². The van der Waals surface area contributed by atoms with Crippen molar-refractivity contribution in [2.24, 2.45) is 0 Å². The number of hydrogen-bond acceptors (Lipinski definition) is 4. The van der Waals surface area contributed by atoms with Crippen molar-refractivity contribution in [1.29, 1.82) is 0 Å². The summed E-state index contributed by atoms with van der Waals surface area (Å²) in [4.78, 5) is 2.34. The van der Waals surface area contributed by atoms with Crippen molar-refractivity contribution < 1.29 is 14.9 Å². The molecule has 1 aliphatic heterocycles. The molecule has 0 bridgehead atoms. The fraction of sp³-hybridized carbons (Fsp3) is 0.684. The molecule has 0 aromatic heterocycles. The van der Waals surface area contributed by atoms with Gasteiger partial charge in [-0.3, -0.25) is 4.90 Å². The Bertz CT molecular complexity index is 562. The maximum atomic E-state index is 11.0. The van der Waals surface area contributed by atoms with Crippen LogP contribution in [0.3, 0.4) is 0 Å². The van der Waals surface area contributed by atoms with Crippen molar-refractivity contribution in [2.45, 2.75) is 63.2 Å². The third kappa shape index (κ3) is 4.05. The number of likely N-dealkylation sites (tertiary alicyclic amines) is 1. The van der Waals surface area contributed by atoms with Gasteiger partial charge in [-0.2, -0.15) is 0 Å². The van der Waals surface area contributed by atoms with E-state index in [9.17, 15) is 10.2 Å². The van der Waals surface area contributed by atoms with E-state index in [1.54, 1.807) is 6.07 Å². The molecule has 0 radical (unpaired) electrons. The van der Waals surface area contributed by atoms with Crippen molar-refractivity contribution in [3.05, 3.63) is 28.8 Å². The molecule has 24 heavy (non-hydrogen) atoms. The largest absolute Gasteiger partial charge is 0.489 e. The summed E-state index contributed by atoms with van der Waals surface area (Å²) in [5, 5.41) is 21.9. The summed E-state index contributed by atoms with van der Waals surface area (Å²) in [7, 11) is 0. The molecule has 1 aromatic rings. The van der Waals surface area contributed by atoms with E-state index in [0.717, 1.165) is 12.1 Å². The van der Waals surface area contributed by atoms with E-state index >= 15 is 0 Å². The van der Waals surface area contributed by atoms with E-state index in [0.29, 0.717) is 29.8 Å². The number of halogens is 1. The molecule has 2 N–H and O–H groups in total. The average Bonchev–Trinajstić information content (AvgIpc) is 2.59. The molecule has 1 heterocycles. The van der Waals surface area contributed by atoms with Gasteiger partial charge >= 0.3 is 0 Å². The van der Waals surface area contributed by atoms with Gasteiger partial charge in [0.25, 0.3) is 0 Å². The average molecular weight is 354 g/mol. The second kappa shape index (κ2) is 7.61. The molecule has 0 unspecified atom stereocenters. The number of benzene rings is 1. The van der Waals surface area contributed by atoms with E-state index in [4.69, 9.17) is 16.3 Å². The maximum absolute atomic E-state index is 11.0. The number of rotatable bonds is 4. The van der Waals surface area contributed by atoms with Crippen LogP contribution in [-0.2, 0) is 0 Å². The third-order valence-electron chi connectivity index (χ3n) is 5.44. The Morgan fingerprint density at radius 1 is 1.25 bits per heavy atom. The minimum absolute atomic E-state index is 0.0561. The van der Waals surface area contributed by atoms with Crippen LogP contribution in [0.2, 0.25) is 5.02 Å². The summed E-state index contributed by atoms with van der Waals surface area (Å²) in [6, 6.07) is 6.10. The predicted octanol–water partition coefficient (Wildman–Crippen LogP) is 3.16. The molecule has 1 aromatic carbocycles. The zero-order valence-corrected chi connectivity index (χ0v) is 15.1. The molecule has 1 saturated carbocycles. The zero-order valence-electron chi connectivity index (χ0n) is 14.4. The summed E-state index contributed by atoms with van der Waals surface area (Å²) < 4.78 is 5.80. The summed E-state index contributed by atoms with van der Waals surface area (Å²) in [6.45, 7) is 3.33. The monoisotopic (exact) mass is 353 g/mol. The first kappa shape index (κ1) is 18.0. The first-order valence-corrected chi connectivity index (χ1v) is 9.39. The van der Waals surface area contributed by atoms with Crippen LogP contribution in [0.4, 0.5) is 0 Å². The van der Waals surface area contributed by atoms with Crippen molar-refractivity contribution in [3.63, 3.8) is 0 Å². The quantitative estimate of drug-likeness (QED) is 0.873. The number of nitrogens with zero attached hydrogens (tertiary/aromatic N) is 1. The molecule has 2 fully saturated rings. The van der Waals surface area contributed by atoms with Gasteiger partial charge in [-0.25, -0.2) is 0 Å². The minimum Gasteiger partial charge on any atom is -0.489 e. The summed E-state index contributed by atoms with van der Waals surface area (Å²) in [5.41, 5.74) is -0.197. The summed E-state index contributed by atoms with van der Waals surface area (Å²) >= 11 is 6.17. The van der Waals surface area contributed by atoms with Crippen LogP contribution in [0.1, 0.15) is 44.1 Å². The van der Waals surface area contributed by atoms with Crippen molar-refractivity contribution in [2.75, 3.05) is 19.7 Å². The van der Waals surface area contributed by atoms with E-state index < -0.39 is 11.7 Å². The Balaban J connectivity index is 1.66. The number of aliphatic hydroxyl groups is 2. The summed E-state index contributed by atoms with van der Waals surface area (Å²) in [6.07, 6.45) is 6.04. The highest BCUT2D eigenvalue weighted by Crippen LogP contribution is 2.31. The van der Waals surface area contributed by atoms with Crippen LogP contribution in [0, 0.1) is 6.92 Å². The van der Waals surface area contributed by atoms with Gasteiger partial charge in [0, 0.05) is 19.1 Å². The van der Waals surface area contributed by atoms with Crippen molar-refractivity contribution in [3.8, 4) is 5.75 Å². The molecule has 2 atom stereocenters. The van der Waals surface area contributed by atoms with E-state index in [1.165, 1.54) is 32.1 Å². The molecule has 5 heteroatoms. The molecule has 0 spiro atoms. The van der Waals surface area contributed by atoms with Crippen molar-refractivity contribution >= 4 is 11.6 Å². The van der Waals surface area contributed by atoms with Crippen LogP contribution in [-0.4, -0.2) is 52.6 Å². The predicted molar refractivity (Wildman–Crippen MR) is 95.7 cm³/mol. The number of piperidine rings is 1. The van der Waals surface area contributed by atoms with Crippen LogP contribution in [0.5, 0.6) is 5.75 Å². The van der Waals surface area contributed by atoms with Gasteiger partial charge in [0.05, 0.1) is 11.1 Å². The number of β-amino-alcohol motifs (C(OH)–C–C–N with tert-alkyl or cyclic N) is 1. The molecular weight excluding hydrogens is 326 g/mol. The first-order chi connectivity index (χ1) is 11.5. The molecule has 3 rings (SSSR count). The second-order valence-electron chi connectivity index (χ2n) is 7.39. The number of aliphatic hydroxyl groups excluding tert-OH is 1. The van der Waals surface area contributed by atoms with Crippen LogP contribution in [0.25, 0.3) is 0 Å². The van der Waals surface area contributed by atoms with Crippen LogP contribution < -0.4 is 4.74 Å². The van der Waals surface area contributed by atoms with Gasteiger partial charge in [-0.15, -0.1) is 0 Å². The molecule has 1 saturated heterocycles. The maximum Gasteiger partial charge on any atom is 0.138 e. The lowest BCUT2D eigenvalue weighted by Crippen LogP contribution is -2.61. The molecule has 0 amide bonds. The molecule has 4 nitrogen and oxygen atoms in total. The summed E-state index contributed by atoms with van der Waals surface area (Å²) in [5.74, 6) is 0.562. The van der Waals surface area contributed by atoms with Gasteiger partial charge in [0.15, 0.2) is 0 Å². The molecule has 1 aliphatic carbocycles. The van der Waals surface area contributed by atoms with Gasteiger partial charge in [0.2, 0.25) is 0 Å². The van der Waals surface area contributed by atoms with Crippen LogP contribution in [0.15, 0.2) is 18.2 Å². The Morgan fingerprint density at radius 2 is 2.00 bits per heavy atom. The third-order valence-corrected chi connectivity index (χ3v) is 5.75. The molecule has 2 aliphatic rings. The lowest BCUT2D eigenvalue weighted by atomic mass is 9.86. The number of aryl methyl sites for hydroxylation is 1. The Labute approximate surface area is 149 Å². The van der Waals surface area contributed by atoms with E-state index in [1.807, 2.05) is 19.1 Å². The highest BCUT2D eigenvalue weighted by atomic mass is 35.5. The highest BCUT2D eigenvalue weighted by Gasteiger charge is 2.43. The normalized spacial score (nSPS) is 29.6. The zero-order chi connectivity index (χ0) is 17.2. The Morgan fingerprint density at radius 3 is 2.75 bits per heavy atom. The highest BCUT2D eigenvalue weighted by molar-refractivity contribution is 6.32.